The Morgan fingerprint density at radius 2 is 1.79 bits per heavy atom. The third-order valence-electron chi connectivity index (χ3n) is 3.88. The Morgan fingerprint density at radius 1 is 1.21 bits per heavy atom. The number of hydrogen-bond acceptors (Lipinski definition) is 2. The predicted octanol–water partition coefficient (Wildman–Crippen LogP) is 2.11. The Bertz CT molecular complexity index is 450. The van der Waals surface area contributed by atoms with Crippen LogP contribution < -0.4 is 0 Å². The van der Waals surface area contributed by atoms with E-state index in [-0.39, 0.29) is 11.8 Å². The van der Waals surface area contributed by atoms with Crippen LogP contribution in [-0.2, 0) is 9.59 Å². The van der Waals surface area contributed by atoms with Gasteiger partial charge in [-0.2, -0.15) is 0 Å². The summed E-state index contributed by atoms with van der Waals surface area (Å²) in [7, 11) is 0. The van der Waals surface area contributed by atoms with Gasteiger partial charge in [0.1, 0.15) is 0 Å². The van der Waals surface area contributed by atoms with Gasteiger partial charge < -0.3 is 10.0 Å². The first-order valence-electron chi connectivity index (χ1n) is 6.63. The first-order valence-corrected chi connectivity index (χ1v) is 6.63. The second-order valence-corrected chi connectivity index (χ2v) is 5.07. The van der Waals surface area contributed by atoms with E-state index in [1.54, 1.807) is 11.8 Å². The maximum absolute atomic E-state index is 11.5. The number of carbonyl (C=O) groups is 2. The fraction of sp³-hybridized carbons (Fsp3) is 0.467. The van der Waals surface area contributed by atoms with Crippen LogP contribution in [0, 0.1) is 5.92 Å². The zero-order valence-electron chi connectivity index (χ0n) is 11.1. The number of amides is 1. The Labute approximate surface area is 113 Å². The summed E-state index contributed by atoms with van der Waals surface area (Å²) in [6.07, 6.45) is 1.51. The quantitative estimate of drug-likeness (QED) is 0.906. The van der Waals surface area contributed by atoms with Gasteiger partial charge in [-0.25, -0.2) is 0 Å². The molecule has 4 heteroatoms. The third kappa shape index (κ3) is 3.13. The number of carboxylic acids is 1. The van der Waals surface area contributed by atoms with Gasteiger partial charge in [0, 0.05) is 20.0 Å². The average Bonchev–Trinajstić information content (AvgIpc) is 2.40. The highest BCUT2D eigenvalue weighted by atomic mass is 16.4. The number of nitrogens with zero attached hydrogens (tertiary/aromatic N) is 1. The van der Waals surface area contributed by atoms with Crippen LogP contribution in [0.25, 0.3) is 0 Å². The Morgan fingerprint density at radius 3 is 2.26 bits per heavy atom. The minimum Gasteiger partial charge on any atom is -0.481 e. The molecule has 1 atom stereocenters. The minimum atomic E-state index is -0.771. The van der Waals surface area contributed by atoms with Gasteiger partial charge in [-0.3, -0.25) is 9.59 Å². The molecule has 19 heavy (non-hydrogen) atoms. The lowest BCUT2D eigenvalue weighted by Gasteiger charge is -2.34. The standard InChI is InChI=1S/C15H19NO3/c1-11(17)16-9-7-13(8-10-16)14(15(18)19)12-5-3-2-4-6-12/h2-6,13-14H,7-10H2,1H3,(H,18,19). The second kappa shape index (κ2) is 5.87. The van der Waals surface area contributed by atoms with Gasteiger partial charge in [-0.05, 0) is 24.3 Å². The van der Waals surface area contributed by atoms with Gasteiger partial charge in [0.05, 0.1) is 5.92 Å². The molecule has 0 saturated carbocycles. The van der Waals surface area contributed by atoms with Crippen LogP contribution in [0.5, 0.6) is 0 Å². The molecule has 0 aliphatic carbocycles. The van der Waals surface area contributed by atoms with Gasteiger partial charge in [0.15, 0.2) is 0 Å². The summed E-state index contributed by atoms with van der Waals surface area (Å²) in [6.45, 7) is 2.89. The number of carbonyl (C=O) groups excluding carboxylic acids is 1. The first kappa shape index (κ1) is 13.6. The number of piperidine rings is 1. The van der Waals surface area contributed by atoms with Crippen molar-refractivity contribution >= 4 is 11.9 Å². The zero-order valence-corrected chi connectivity index (χ0v) is 11.1. The molecule has 0 spiro atoms. The van der Waals surface area contributed by atoms with E-state index < -0.39 is 11.9 Å². The molecule has 0 bridgehead atoms. The van der Waals surface area contributed by atoms with Gasteiger partial charge in [0.2, 0.25) is 5.91 Å². The van der Waals surface area contributed by atoms with Crippen molar-refractivity contribution in [2.24, 2.45) is 5.92 Å². The van der Waals surface area contributed by atoms with Crippen molar-refractivity contribution in [3.8, 4) is 0 Å². The van der Waals surface area contributed by atoms with Crippen LogP contribution in [0.15, 0.2) is 30.3 Å². The molecule has 1 aromatic rings. The van der Waals surface area contributed by atoms with Gasteiger partial charge in [0.25, 0.3) is 0 Å². The third-order valence-corrected chi connectivity index (χ3v) is 3.88. The summed E-state index contributed by atoms with van der Waals surface area (Å²) < 4.78 is 0. The van der Waals surface area contributed by atoms with Crippen molar-refractivity contribution < 1.29 is 14.7 Å². The Kier molecular flexibility index (Phi) is 4.20. The highest BCUT2D eigenvalue weighted by Crippen LogP contribution is 2.32. The smallest absolute Gasteiger partial charge is 0.311 e. The normalized spacial score (nSPS) is 18.1. The number of benzene rings is 1. The Hall–Kier alpha value is -1.84. The lowest BCUT2D eigenvalue weighted by molar-refractivity contribution is -0.140. The molecule has 1 aliphatic rings. The lowest BCUT2D eigenvalue weighted by atomic mass is 9.80. The number of aliphatic carboxylic acids is 1. The monoisotopic (exact) mass is 261 g/mol. The maximum Gasteiger partial charge on any atom is 0.311 e. The summed E-state index contributed by atoms with van der Waals surface area (Å²) in [5.41, 5.74) is 0.858. The summed E-state index contributed by atoms with van der Waals surface area (Å²) in [5, 5.41) is 9.47. The fourth-order valence-corrected chi connectivity index (χ4v) is 2.82. The molecule has 1 unspecified atom stereocenters. The van der Waals surface area contributed by atoms with E-state index in [4.69, 9.17) is 0 Å². The molecule has 1 aliphatic heterocycles. The van der Waals surface area contributed by atoms with Crippen LogP contribution in [0.2, 0.25) is 0 Å². The van der Waals surface area contributed by atoms with Gasteiger partial charge in [-0.1, -0.05) is 30.3 Å². The summed E-state index contributed by atoms with van der Waals surface area (Å²) in [6, 6.07) is 9.37. The van der Waals surface area contributed by atoms with Crippen molar-refractivity contribution in [3.63, 3.8) is 0 Å². The molecule has 2 rings (SSSR count). The molecule has 4 nitrogen and oxygen atoms in total. The van der Waals surface area contributed by atoms with Gasteiger partial charge >= 0.3 is 5.97 Å². The highest BCUT2D eigenvalue weighted by molar-refractivity contribution is 5.77. The fourth-order valence-electron chi connectivity index (χ4n) is 2.82. The van der Waals surface area contributed by atoms with Crippen LogP contribution in [0.3, 0.4) is 0 Å². The molecule has 1 amide bonds. The second-order valence-electron chi connectivity index (χ2n) is 5.07. The van der Waals surface area contributed by atoms with E-state index in [1.165, 1.54) is 0 Å². The topological polar surface area (TPSA) is 57.6 Å². The molecule has 0 aromatic heterocycles. The molecular formula is C15H19NO3. The SMILES string of the molecule is CC(=O)N1CCC(C(C(=O)O)c2ccccc2)CC1. The highest BCUT2D eigenvalue weighted by Gasteiger charge is 2.32. The molecule has 1 N–H and O–H groups in total. The molecule has 1 heterocycles. The molecule has 0 radical (unpaired) electrons. The average molecular weight is 261 g/mol. The maximum atomic E-state index is 11.5. The van der Waals surface area contributed by atoms with E-state index in [2.05, 4.69) is 0 Å². The van der Waals surface area contributed by atoms with Crippen molar-refractivity contribution in [1.82, 2.24) is 4.90 Å². The van der Waals surface area contributed by atoms with Gasteiger partial charge in [-0.15, -0.1) is 0 Å². The number of hydrogen-bond donors (Lipinski definition) is 1. The molecule has 1 fully saturated rings. The van der Waals surface area contributed by atoms with Crippen LogP contribution >= 0.6 is 0 Å². The van der Waals surface area contributed by atoms with E-state index in [9.17, 15) is 14.7 Å². The summed E-state index contributed by atoms with van der Waals surface area (Å²) >= 11 is 0. The number of rotatable bonds is 3. The molecule has 102 valence electrons. The van der Waals surface area contributed by atoms with Crippen LogP contribution in [0.4, 0.5) is 0 Å². The number of carboxylic acid groups (broad SMARTS) is 1. The van der Waals surface area contributed by atoms with Crippen molar-refractivity contribution in [3.05, 3.63) is 35.9 Å². The summed E-state index contributed by atoms with van der Waals surface area (Å²) in [4.78, 5) is 24.6. The predicted molar refractivity (Wildman–Crippen MR) is 71.8 cm³/mol. The van der Waals surface area contributed by atoms with E-state index in [0.717, 1.165) is 18.4 Å². The van der Waals surface area contributed by atoms with Crippen molar-refractivity contribution in [1.29, 1.82) is 0 Å². The van der Waals surface area contributed by atoms with Crippen LogP contribution in [0.1, 0.15) is 31.2 Å². The molecular weight excluding hydrogens is 242 g/mol. The Balaban J connectivity index is 2.10. The molecule has 1 saturated heterocycles. The van der Waals surface area contributed by atoms with E-state index >= 15 is 0 Å². The largest absolute Gasteiger partial charge is 0.481 e. The molecule has 1 aromatic carbocycles. The van der Waals surface area contributed by atoms with Crippen molar-refractivity contribution in [2.75, 3.05) is 13.1 Å². The first-order chi connectivity index (χ1) is 9.09. The van der Waals surface area contributed by atoms with E-state index in [0.29, 0.717) is 13.1 Å². The van der Waals surface area contributed by atoms with Crippen LogP contribution in [-0.4, -0.2) is 35.0 Å². The van der Waals surface area contributed by atoms with E-state index in [1.807, 2.05) is 30.3 Å². The van der Waals surface area contributed by atoms with Crippen molar-refractivity contribution in [2.45, 2.75) is 25.7 Å². The summed E-state index contributed by atoms with van der Waals surface area (Å²) in [5.74, 6) is -1.05. The lowest BCUT2D eigenvalue weighted by Crippen LogP contribution is -2.39. The minimum absolute atomic E-state index is 0.0741. The number of likely N-dealkylation sites (tertiary alicyclic amines) is 1. The zero-order chi connectivity index (χ0) is 13.8.